The van der Waals surface area contributed by atoms with Gasteiger partial charge in [-0.05, 0) is 6.07 Å². The van der Waals surface area contributed by atoms with E-state index in [1.54, 1.807) is 6.20 Å². The standard InChI is InChI=1S/C12H11F4N3/c13-11-7(2-1-3-8(11)12(14,15)16)9(17)6-10-18-4-5-19-10/h1-5,9H,6,17H2,(H,18,19). The predicted octanol–water partition coefficient (Wildman–Crippen LogP) is 2.81. The third-order valence-electron chi connectivity index (χ3n) is 2.70. The summed E-state index contributed by atoms with van der Waals surface area (Å²) in [5, 5.41) is 0. The van der Waals surface area contributed by atoms with Crippen molar-refractivity contribution in [3.8, 4) is 0 Å². The monoisotopic (exact) mass is 273 g/mol. The summed E-state index contributed by atoms with van der Waals surface area (Å²) in [5.41, 5.74) is 4.25. The van der Waals surface area contributed by atoms with Crippen LogP contribution in [0, 0.1) is 5.82 Å². The second kappa shape index (κ2) is 5.00. The number of rotatable bonds is 3. The van der Waals surface area contributed by atoms with Crippen molar-refractivity contribution in [2.75, 3.05) is 0 Å². The molecule has 102 valence electrons. The first-order chi connectivity index (χ1) is 8.89. The molecule has 0 saturated carbocycles. The Hall–Kier alpha value is -1.89. The summed E-state index contributed by atoms with van der Waals surface area (Å²) >= 11 is 0. The lowest BCUT2D eigenvalue weighted by atomic mass is 10.0. The van der Waals surface area contributed by atoms with Gasteiger partial charge in [-0.15, -0.1) is 0 Å². The van der Waals surface area contributed by atoms with Crippen molar-refractivity contribution < 1.29 is 17.6 Å². The van der Waals surface area contributed by atoms with Gasteiger partial charge in [0, 0.05) is 30.4 Å². The maximum absolute atomic E-state index is 13.8. The average molecular weight is 273 g/mol. The van der Waals surface area contributed by atoms with Gasteiger partial charge in [0.1, 0.15) is 11.6 Å². The van der Waals surface area contributed by atoms with E-state index in [-0.39, 0.29) is 12.0 Å². The highest BCUT2D eigenvalue weighted by atomic mass is 19.4. The third kappa shape index (κ3) is 2.93. The first kappa shape index (κ1) is 13.5. The van der Waals surface area contributed by atoms with Gasteiger partial charge in [0.05, 0.1) is 5.56 Å². The molecular weight excluding hydrogens is 262 g/mol. The molecule has 2 aromatic rings. The van der Waals surface area contributed by atoms with Crippen molar-refractivity contribution in [2.45, 2.75) is 18.6 Å². The summed E-state index contributed by atoms with van der Waals surface area (Å²) in [4.78, 5) is 6.67. The number of nitrogens with two attached hydrogens (primary N) is 1. The molecule has 0 amide bonds. The van der Waals surface area contributed by atoms with Crippen LogP contribution in [0.5, 0.6) is 0 Å². The van der Waals surface area contributed by atoms with Crippen molar-refractivity contribution in [3.05, 3.63) is 53.4 Å². The summed E-state index contributed by atoms with van der Waals surface area (Å²) in [7, 11) is 0. The highest BCUT2D eigenvalue weighted by Crippen LogP contribution is 2.33. The number of alkyl halides is 3. The van der Waals surface area contributed by atoms with E-state index in [2.05, 4.69) is 9.97 Å². The van der Waals surface area contributed by atoms with Crippen LogP contribution in [0.25, 0.3) is 0 Å². The van der Waals surface area contributed by atoms with E-state index in [9.17, 15) is 17.6 Å². The molecule has 2 rings (SSSR count). The summed E-state index contributed by atoms with van der Waals surface area (Å²) in [6.45, 7) is 0. The fraction of sp³-hybridized carbons (Fsp3) is 0.250. The lowest BCUT2D eigenvalue weighted by Gasteiger charge is -2.15. The zero-order valence-electron chi connectivity index (χ0n) is 9.71. The fourth-order valence-electron chi connectivity index (χ4n) is 1.78. The van der Waals surface area contributed by atoms with E-state index < -0.39 is 23.6 Å². The molecule has 0 aliphatic carbocycles. The Balaban J connectivity index is 2.30. The molecule has 3 N–H and O–H groups in total. The second-order valence-corrected chi connectivity index (χ2v) is 4.05. The Morgan fingerprint density at radius 2 is 2.05 bits per heavy atom. The molecule has 0 radical (unpaired) electrons. The number of benzene rings is 1. The van der Waals surface area contributed by atoms with Gasteiger partial charge in [-0.1, -0.05) is 12.1 Å². The maximum atomic E-state index is 13.8. The van der Waals surface area contributed by atoms with Crippen LogP contribution >= 0.6 is 0 Å². The van der Waals surface area contributed by atoms with E-state index in [1.165, 1.54) is 12.3 Å². The van der Waals surface area contributed by atoms with Crippen molar-refractivity contribution >= 4 is 0 Å². The molecule has 0 aliphatic rings. The molecule has 1 aromatic heterocycles. The van der Waals surface area contributed by atoms with Crippen LogP contribution in [0.2, 0.25) is 0 Å². The Morgan fingerprint density at radius 3 is 2.63 bits per heavy atom. The molecular formula is C12H11F4N3. The lowest BCUT2D eigenvalue weighted by molar-refractivity contribution is -0.140. The molecule has 19 heavy (non-hydrogen) atoms. The minimum atomic E-state index is -4.73. The van der Waals surface area contributed by atoms with Gasteiger partial charge in [-0.3, -0.25) is 0 Å². The van der Waals surface area contributed by atoms with Crippen LogP contribution in [0.1, 0.15) is 23.0 Å². The van der Waals surface area contributed by atoms with Crippen LogP contribution in [0.3, 0.4) is 0 Å². The van der Waals surface area contributed by atoms with Crippen molar-refractivity contribution in [3.63, 3.8) is 0 Å². The Kier molecular flexibility index (Phi) is 3.57. The number of aromatic amines is 1. The quantitative estimate of drug-likeness (QED) is 0.845. The molecule has 1 aromatic carbocycles. The molecule has 0 aliphatic heterocycles. The number of halogens is 4. The molecule has 1 atom stereocenters. The largest absolute Gasteiger partial charge is 0.419 e. The SMILES string of the molecule is NC(Cc1ncc[nH]1)c1cccc(C(F)(F)F)c1F. The molecule has 0 spiro atoms. The average Bonchev–Trinajstić information content (AvgIpc) is 2.80. The molecule has 3 nitrogen and oxygen atoms in total. The van der Waals surface area contributed by atoms with E-state index in [0.717, 1.165) is 6.07 Å². The van der Waals surface area contributed by atoms with E-state index in [1.807, 2.05) is 0 Å². The highest BCUT2D eigenvalue weighted by Gasteiger charge is 2.35. The minimum absolute atomic E-state index is 0.130. The topological polar surface area (TPSA) is 54.7 Å². The number of imidazole rings is 1. The van der Waals surface area contributed by atoms with E-state index >= 15 is 0 Å². The van der Waals surface area contributed by atoms with E-state index in [0.29, 0.717) is 11.9 Å². The molecule has 7 heteroatoms. The van der Waals surface area contributed by atoms with E-state index in [4.69, 9.17) is 5.73 Å². The number of hydrogen-bond acceptors (Lipinski definition) is 2. The molecule has 0 saturated heterocycles. The summed E-state index contributed by atoms with van der Waals surface area (Å²) in [6.07, 6.45) is -1.55. The number of nitrogens with zero attached hydrogens (tertiary/aromatic N) is 1. The number of H-pyrrole nitrogens is 1. The van der Waals surface area contributed by atoms with Crippen molar-refractivity contribution in [1.82, 2.24) is 9.97 Å². The molecule has 0 fully saturated rings. The maximum Gasteiger partial charge on any atom is 0.419 e. The van der Waals surface area contributed by atoms with Crippen molar-refractivity contribution in [2.24, 2.45) is 5.73 Å². The lowest BCUT2D eigenvalue weighted by Crippen LogP contribution is -2.18. The number of aromatic nitrogens is 2. The van der Waals surface area contributed by atoms with Crippen molar-refractivity contribution in [1.29, 1.82) is 0 Å². The van der Waals surface area contributed by atoms with Crippen LogP contribution in [-0.4, -0.2) is 9.97 Å². The summed E-state index contributed by atoms with van der Waals surface area (Å²) in [5.74, 6) is -0.835. The van der Waals surface area contributed by atoms with Gasteiger partial charge in [-0.2, -0.15) is 13.2 Å². The zero-order valence-corrected chi connectivity index (χ0v) is 9.71. The van der Waals surface area contributed by atoms with Crippen LogP contribution in [-0.2, 0) is 12.6 Å². The zero-order chi connectivity index (χ0) is 14.0. The predicted molar refractivity (Wildman–Crippen MR) is 60.6 cm³/mol. The van der Waals surface area contributed by atoms with Gasteiger partial charge >= 0.3 is 6.18 Å². The Bertz CT molecular complexity index is 549. The van der Waals surface area contributed by atoms with Crippen LogP contribution < -0.4 is 5.73 Å². The molecule has 0 bridgehead atoms. The minimum Gasteiger partial charge on any atom is -0.349 e. The first-order valence-corrected chi connectivity index (χ1v) is 5.49. The van der Waals surface area contributed by atoms with Gasteiger partial charge in [-0.25, -0.2) is 9.37 Å². The van der Waals surface area contributed by atoms with Crippen LogP contribution in [0.15, 0.2) is 30.6 Å². The number of nitrogens with one attached hydrogen (secondary N) is 1. The third-order valence-corrected chi connectivity index (χ3v) is 2.70. The second-order valence-electron chi connectivity index (χ2n) is 4.05. The molecule has 1 unspecified atom stereocenters. The molecule has 1 heterocycles. The normalized spacial score (nSPS) is 13.5. The van der Waals surface area contributed by atoms with Gasteiger partial charge in [0.15, 0.2) is 0 Å². The van der Waals surface area contributed by atoms with Gasteiger partial charge in [0.25, 0.3) is 0 Å². The fourth-order valence-corrected chi connectivity index (χ4v) is 1.78. The Labute approximate surface area is 106 Å². The Morgan fingerprint density at radius 1 is 1.32 bits per heavy atom. The summed E-state index contributed by atoms with van der Waals surface area (Å²) in [6, 6.07) is 2.19. The summed E-state index contributed by atoms with van der Waals surface area (Å²) < 4.78 is 51.5. The smallest absolute Gasteiger partial charge is 0.349 e. The highest BCUT2D eigenvalue weighted by molar-refractivity contribution is 5.30. The first-order valence-electron chi connectivity index (χ1n) is 5.49. The van der Waals surface area contributed by atoms with Gasteiger partial charge < -0.3 is 10.7 Å². The van der Waals surface area contributed by atoms with Gasteiger partial charge in [0.2, 0.25) is 0 Å². The number of hydrogen-bond donors (Lipinski definition) is 2. The van der Waals surface area contributed by atoms with Crippen LogP contribution in [0.4, 0.5) is 17.6 Å².